The Kier molecular flexibility index (Phi) is 9.04. The predicted molar refractivity (Wildman–Crippen MR) is 124 cm³/mol. The highest BCUT2D eigenvalue weighted by atomic mass is 35.5. The van der Waals surface area contributed by atoms with Gasteiger partial charge in [0.05, 0.1) is 6.61 Å². The van der Waals surface area contributed by atoms with Gasteiger partial charge in [-0.15, -0.1) is 0 Å². The van der Waals surface area contributed by atoms with Crippen LogP contribution in [0.3, 0.4) is 0 Å². The number of methoxy groups -OCH3 is 1. The van der Waals surface area contributed by atoms with Gasteiger partial charge in [0.15, 0.2) is 0 Å². The second-order valence-electron chi connectivity index (χ2n) is 7.88. The van der Waals surface area contributed by atoms with Crippen LogP contribution in [0, 0.1) is 5.92 Å². The smallest absolute Gasteiger partial charge is 0.246 e. The molecule has 0 radical (unpaired) electrons. The number of aromatic nitrogens is 1. The number of hydrogen-bond donors (Lipinski definition) is 0. The van der Waals surface area contributed by atoms with Crippen molar-refractivity contribution in [1.29, 1.82) is 0 Å². The fourth-order valence-electron chi connectivity index (χ4n) is 3.96. The van der Waals surface area contributed by atoms with Crippen LogP contribution >= 0.6 is 11.6 Å². The maximum Gasteiger partial charge on any atom is 0.246 e. The van der Waals surface area contributed by atoms with E-state index in [9.17, 15) is 13.2 Å². The molecule has 1 aliphatic heterocycles. The Bertz CT molecular complexity index is 980. The summed E-state index contributed by atoms with van der Waals surface area (Å²) in [5, 5.41) is -0.0325. The molecule has 0 unspecified atom stereocenters. The molecule has 0 spiro atoms. The third-order valence-corrected chi connectivity index (χ3v) is 8.10. The monoisotopic (exact) mass is 479 g/mol. The van der Waals surface area contributed by atoms with Gasteiger partial charge in [0.25, 0.3) is 0 Å². The minimum Gasteiger partial charge on any atom is -0.383 e. The maximum absolute atomic E-state index is 13.2. The standard InChI is InChI=1S/C23H30ClN3O4S/c1-31-18-17-26(14-6-9-19-7-3-2-4-8-19)23(28)20-11-15-27(16-12-20)32(29,30)21-10-5-13-25-22(21)24/h2-5,7-8,10,13,20H,6,9,11-12,14-18H2,1H3. The SMILES string of the molecule is COCCN(CCCc1ccccc1)C(=O)C1CCN(S(=O)(=O)c2cccnc2Cl)CC1. The Morgan fingerprint density at radius 1 is 1.16 bits per heavy atom. The van der Waals surface area contributed by atoms with Crippen LogP contribution in [-0.2, 0) is 26.0 Å². The molecule has 0 N–H and O–H groups in total. The van der Waals surface area contributed by atoms with Crippen molar-refractivity contribution in [1.82, 2.24) is 14.2 Å². The Balaban J connectivity index is 1.58. The average molecular weight is 480 g/mol. The van der Waals surface area contributed by atoms with Gasteiger partial charge in [-0.25, -0.2) is 13.4 Å². The van der Waals surface area contributed by atoms with Crippen molar-refractivity contribution < 1.29 is 17.9 Å². The number of hydrogen-bond acceptors (Lipinski definition) is 5. The molecule has 1 fully saturated rings. The molecule has 0 bridgehead atoms. The Hall–Kier alpha value is -2.00. The molecule has 9 heteroatoms. The Labute approximate surface area is 195 Å². The molecule has 0 saturated carbocycles. The number of aryl methyl sites for hydroxylation is 1. The van der Waals surface area contributed by atoms with Gasteiger partial charge in [-0.3, -0.25) is 4.79 Å². The van der Waals surface area contributed by atoms with E-state index in [4.69, 9.17) is 16.3 Å². The van der Waals surface area contributed by atoms with Crippen molar-refractivity contribution in [2.24, 2.45) is 5.92 Å². The van der Waals surface area contributed by atoms with E-state index in [1.807, 2.05) is 23.1 Å². The molecule has 2 aromatic rings. The number of nitrogens with zero attached hydrogens (tertiary/aromatic N) is 3. The molecular weight excluding hydrogens is 450 g/mol. The maximum atomic E-state index is 13.2. The lowest BCUT2D eigenvalue weighted by Crippen LogP contribution is -2.45. The number of carbonyl (C=O) groups is 1. The number of halogens is 1. The van der Waals surface area contributed by atoms with E-state index < -0.39 is 10.0 Å². The molecule has 3 rings (SSSR count). The fourth-order valence-corrected chi connectivity index (χ4v) is 5.85. The van der Waals surface area contributed by atoms with Crippen molar-refractivity contribution in [2.45, 2.75) is 30.6 Å². The van der Waals surface area contributed by atoms with Crippen molar-refractivity contribution in [3.05, 3.63) is 59.4 Å². The van der Waals surface area contributed by atoms with Gasteiger partial charge < -0.3 is 9.64 Å². The molecule has 0 aliphatic carbocycles. The van der Waals surface area contributed by atoms with E-state index in [1.54, 1.807) is 13.2 Å². The summed E-state index contributed by atoms with van der Waals surface area (Å²) in [6, 6.07) is 13.2. The normalized spacial score (nSPS) is 15.6. The first-order valence-electron chi connectivity index (χ1n) is 10.9. The van der Waals surface area contributed by atoms with Gasteiger partial charge in [0.1, 0.15) is 10.0 Å². The highest BCUT2D eigenvalue weighted by molar-refractivity contribution is 7.89. The van der Waals surface area contributed by atoms with Gasteiger partial charge in [-0.2, -0.15) is 4.31 Å². The summed E-state index contributed by atoms with van der Waals surface area (Å²) < 4.78 is 32.4. The van der Waals surface area contributed by atoms with Crippen LogP contribution in [-0.4, -0.2) is 68.4 Å². The molecule has 1 aromatic carbocycles. The van der Waals surface area contributed by atoms with Crippen LogP contribution in [0.4, 0.5) is 0 Å². The molecule has 1 amide bonds. The summed E-state index contributed by atoms with van der Waals surface area (Å²) in [5.41, 5.74) is 1.25. The lowest BCUT2D eigenvalue weighted by atomic mass is 9.96. The molecular formula is C23H30ClN3O4S. The van der Waals surface area contributed by atoms with Gasteiger partial charge in [-0.05, 0) is 43.4 Å². The lowest BCUT2D eigenvalue weighted by Gasteiger charge is -2.33. The zero-order chi connectivity index (χ0) is 23.0. The largest absolute Gasteiger partial charge is 0.383 e. The highest BCUT2D eigenvalue weighted by Crippen LogP contribution is 2.28. The zero-order valence-electron chi connectivity index (χ0n) is 18.3. The number of rotatable bonds is 10. The summed E-state index contributed by atoms with van der Waals surface area (Å²) in [4.78, 5) is 18.9. The molecule has 1 aromatic heterocycles. The average Bonchev–Trinajstić information content (AvgIpc) is 2.82. The van der Waals surface area contributed by atoms with Crippen molar-refractivity contribution in [3.63, 3.8) is 0 Å². The van der Waals surface area contributed by atoms with Crippen LogP contribution in [0.25, 0.3) is 0 Å². The molecule has 1 saturated heterocycles. The Morgan fingerprint density at radius 2 is 1.88 bits per heavy atom. The van der Waals surface area contributed by atoms with Crippen molar-refractivity contribution in [2.75, 3.05) is 39.9 Å². The van der Waals surface area contributed by atoms with Crippen LogP contribution in [0.15, 0.2) is 53.6 Å². The number of carbonyl (C=O) groups excluding carboxylic acids is 1. The summed E-state index contributed by atoms with van der Waals surface area (Å²) in [6.45, 7) is 2.23. The van der Waals surface area contributed by atoms with Gasteiger partial charge in [0, 0.05) is 45.4 Å². The number of ether oxygens (including phenoxy) is 1. The number of sulfonamides is 1. The second kappa shape index (κ2) is 11.7. The first-order chi connectivity index (χ1) is 15.4. The summed E-state index contributed by atoms with van der Waals surface area (Å²) in [7, 11) is -2.10. The van der Waals surface area contributed by atoms with E-state index >= 15 is 0 Å². The number of pyridine rings is 1. The fraction of sp³-hybridized carbons (Fsp3) is 0.478. The first kappa shape index (κ1) is 24.6. The summed E-state index contributed by atoms with van der Waals surface area (Å²) in [6.07, 6.45) is 4.20. The van der Waals surface area contributed by atoms with Crippen LogP contribution in [0.5, 0.6) is 0 Å². The van der Waals surface area contributed by atoms with E-state index in [-0.39, 0.29) is 35.0 Å². The topological polar surface area (TPSA) is 79.8 Å². The van der Waals surface area contributed by atoms with E-state index in [2.05, 4.69) is 17.1 Å². The van der Waals surface area contributed by atoms with Crippen LogP contribution < -0.4 is 0 Å². The summed E-state index contributed by atoms with van der Waals surface area (Å²) in [5.74, 6) is -0.119. The quantitative estimate of drug-likeness (QED) is 0.489. The molecule has 174 valence electrons. The van der Waals surface area contributed by atoms with E-state index in [1.165, 1.54) is 22.1 Å². The summed E-state index contributed by atoms with van der Waals surface area (Å²) >= 11 is 6.00. The molecule has 7 nitrogen and oxygen atoms in total. The molecule has 32 heavy (non-hydrogen) atoms. The predicted octanol–water partition coefficient (Wildman–Crippen LogP) is 3.24. The number of amides is 1. The minimum atomic E-state index is -3.73. The lowest BCUT2D eigenvalue weighted by molar-refractivity contribution is -0.137. The Morgan fingerprint density at radius 3 is 2.53 bits per heavy atom. The molecule has 2 heterocycles. The van der Waals surface area contributed by atoms with E-state index in [0.29, 0.717) is 32.5 Å². The first-order valence-corrected chi connectivity index (χ1v) is 12.7. The van der Waals surface area contributed by atoms with Gasteiger partial charge in [-0.1, -0.05) is 41.9 Å². The molecule has 1 aliphatic rings. The number of piperidine rings is 1. The van der Waals surface area contributed by atoms with E-state index in [0.717, 1.165) is 12.8 Å². The number of benzene rings is 1. The third-order valence-electron chi connectivity index (χ3n) is 5.76. The van der Waals surface area contributed by atoms with Gasteiger partial charge in [0.2, 0.25) is 15.9 Å². The van der Waals surface area contributed by atoms with Crippen molar-refractivity contribution >= 4 is 27.5 Å². The van der Waals surface area contributed by atoms with Crippen LogP contribution in [0.1, 0.15) is 24.8 Å². The molecule has 0 atom stereocenters. The van der Waals surface area contributed by atoms with Crippen LogP contribution in [0.2, 0.25) is 5.15 Å². The third kappa shape index (κ3) is 6.28. The van der Waals surface area contributed by atoms with Gasteiger partial charge >= 0.3 is 0 Å². The zero-order valence-corrected chi connectivity index (χ0v) is 19.9. The highest BCUT2D eigenvalue weighted by Gasteiger charge is 2.34. The van der Waals surface area contributed by atoms with Crippen molar-refractivity contribution in [3.8, 4) is 0 Å². The second-order valence-corrected chi connectivity index (χ2v) is 10.1. The minimum absolute atomic E-state index is 0.00840.